The molecule has 0 radical (unpaired) electrons. The van der Waals surface area contributed by atoms with Crippen LogP contribution in [0.15, 0.2) is 54.7 Å². The third-order valence-electron chi connectivity index (χ3n) is 5.74. The second-order valence-electron chi connectivity index (χ2n) is 7.67. The molecule has 1 amide bonds. The van der Waals surface area contributed by atoms with Crippen LogP contribution in [0.1, 0.15) is 25.3 Å². The van der Waals surface area contributed by atoms with Crippen LogP contribution in [-0.2, 0) is 4.79 Å². The summed E-state index contributed by atoms with van der Waals surface area (Å²) in [6.45, 7) is 5.81. The predicted octanol–water partition coefficient (Wildman–Crippen LogP) is 5.33. The molecule has 0 unspecified atom stereocenters. The third-order valence-corrected chi connectivity index (χ3v) is 6.60. The lowest BCUT2D eigenvalue weighted by molar-refractivity contribution is -0.130. The van der Waals surface area contributed by atoms with Gasteiger partial charge in [0.05, 0.1) is 11.3 Å². The number of rotatable bonds is 6. The summed E-state index contributed by atoms with van der Waals surface area (Å²) in [4.78, 5) is 18.7. The lowest BCUT2D eigenvalue weighted by atomic mass is 9.99. The molecule has 2 heterocycles. The van der Waals surface area contributed by atoms with Crippen LogP contribution in [0.3, 0.4) is 0 Å². The Morgan fingerprint density at radius 1 is 1.13 bits per heavy atom. The van der Waals surface area contributed by atoms with E-state index in [9.17, 15) is 4.79 Å². The second-order valence-corrected chi connectivity index (χ2v) is 8.95. The Bertz CT molecular complexity index is 1010. The molecule has 4 rings (SSSR count). The average molecular weight is 421 g/mol. The molecule has 4 nitrogen and oxygen atoms in total. The van der Waals surface area contributed by atoms with Gasteiger partial charge in [-0.25, -0.2) is 0 Å². The molecule has 30 heavy (non-hydrogen) atoms. The zero-order valence-corrected chi connectivity index (χ0v) is 18.5. The van der Waals surface area contributed by atoms with Crippen molar-refractivity contribution in [2.75, 3.05) is 24.6 Å². The van der Waals surface area contributed by atoms with E-state index in [1.165, 1.54) is 10.9 Å². The fourth-order valence-electron chi connectivity index (χ4n) is 3.98. The van der Waals surface area contributed by atoms with E-state index in [1.807, 2.05) is 35.4 Å². The van der Waals surface area contributed by atoms with Gasteiger partial charge in [-0.1, -0.05) is 37.3 Å². The standard InChI is InChI=1S/C25H28N2O2S/c1-3-30-17-25(28)27-14-12-21(13-15-27)29-20-10-8-19(9-11-20)23-16-26-24-7-5-4-6-22(24)18(23)2/h4-11,16,21H,3,12-15,17H2,1-2H3. The SMILES string of the molecule is CCSCC(=O)N1CCC(Oc2ccc(-c3cnc4ccccc4c3C)cc2)CC1. The minimum Gasteiger partial charge on any atom is -0.490 e. The van der Waals surface area contributed by atoms with Crippen LogP contribution in [0.25, 0.3) is 22.0 Å². The topological polar surface area (TPSA) is 42.4 Å². The van der Waals surface area contributed by atoms with Crippen LogP contribution in [0.4, 0.5) is 0 Å². The molecule has 0 aliphatic carbocycles. The monoisotopic (exact) mass is 420 g/mol. The van der Waals surface area contributed by atoms with Crippen LogP contribution in [0.5, 0.6) is 5.75 Å². The summed E-state index contributed by atoms with van der Waals surface area (Å²) < 4.78 is 6.20. The van der Waals surface area contributed by atoms with E-state index in [0.29, 0.717) is 5.75 Å². The first-order valence-electron chi connectivity index (χ1n) is 10.6. The first kappa shape index (κ1) is 20.7. The minimum absolute atomic E-state index is 0.169. The van der Waals surface area contributed by atoms with E-state index < -0.39 is 0 Å². The highest BCUT2D eigenvalue weighted by molar-refractivity contribution is 7.99. The fourth-order valence-corrected chi connectivity index (χ4v) is 4.54. The van der Waals surface area contributed by atoms with E-state index in [2.05, 4.69) is 43.1 Å². The first-order chi connectivity index (χ1) is 14.7. The number of nitrogens with zero attached hydrogens (tertiary/aromatic N) is 2. The van der Waals surface area contributed by atoms with Crippen LogP contribution in [0.2, 0.25) is 0 Å². The Balaban J connectivity index is 1.38. The Morgan fingerprint density at radius 2 is 1.87 bits per heavy atom. The number of carbonyl (C=O) groups is 1. The van der Waals surface area contributed by atoms with Crippen LogP contribution in [-0.4, -0.2) is 46.5 Å². The van der Waals surface area contributed by atoms with Gasteiger partial charge in [0, 0.05) is 43.1 Å². The number of piperidine rings is 1. The number of pyridine rings is 1. The van der Waals surface area contributed by atoms with Crippen LogP contribution >= 0.6 is 11.8 Å². The molecule has 1 aliphatic rings. The number of amides is 1. The third kappa shape index (κ3) is 4.62. The zero-order chi connectivity index (χ0) is 20.9. The predicted molar refractivity (Wildman–Crippen MR) is 125 cm³/mol. The van der Waals surface area contributed by atoms with Gasteiger partial charge < -0.3 is 9.64 Å². The number of benzene rings is 2. The van der Waals surface area contributed by atoms with E-state index in [4.69, 9.17) is 4.74 Å². The van der Waals surface area contributed by atoms with Crippen molar-refractivity contribution in [2.24, 2.45) is 0 Å². The molecule has 3 aromatic rings. The van der Waals surface area contributed by atoms with Gasteiger partial charge in [0.2, 0.25) is 5.91 Å². The molecule has 2 aromatic carbocycles. The maximum atomic E-state index is 12.2. The summed E-state index contributed by atoms with van der Waals surface area (Å²) >= 11 is 1.69. The normalized spacial score (nSPS) is 14.8. The second kappa shape index (κ2) is 9.52. The molecule has 1 aromatic heterocycles. The van der Waals surface area contributed by atoms with Crippen molar-refractivity contribution in [1.82, 2.24) is 9.88 Å². The van der Waals surface area contributed by atoms with Crippen molar-refractivity contribution in [3.05, 3.63) is 60.3 Å². The molecular formula is C25H28N2O2S. The van der Waals surface area contributed by atoms with Crippen molar-refractivity contribution < 1.29 is 9.53 Å². The van der Waals surface area contributed by atoms with Gasteiger partial charge in [0.25, 0.3) is 0 Å². The molecule has 0 bridgehead atoms. The summed E-state index contributed by atoms with van der Waals surface area (Å²) in [5.41, 5.74) is 4.56. The fraction of sp³-hybridized carbons (Fsp3) is 0.360. The van der Waals surface area contributed by atoms with Crippen molar-refractivity contribution in [2.45, 2.75) is 32.8 Å². The van der Waals surface area contributed by atoms with Gasteiger partial charge in [-0.15, -0.1) is 0 Å². The highest BCUT2D eigenvalue weighted by atomic mass is 32.2. The number of likely N-dealkylation sites (tertiary alicyclic amines) is 1. The molecule has 156 valence electrons. The van der Waals surface area contributed by atoms with E-state index in [-0.39, 0.29) is 12.0 Å². The van der Waals surface area contributed by atoms with Gasteiger partial charge in [0.15, 0.2) is 0 Å². The number of para-hydroxylation sites is 1. The number of fused-ring (bicyclic) bond motifs is 1. The number of ether oxygens (including phenoxy) is 1. The molecule has 0 atom stereocenters. The van der Waals surface area contributed by atoms with Gasteiger partial charge in [-0.2, -0.15) is 11.8 Å². The minimum atomic E-state index is 0.169. The molecule has 0 saturated carbocycles. The van der Waals surface area contributed by atoms with Gasteiger partial charge in [-0.05, 0) is 42.0 Å². The summed E-state index contributed by atoms with van der Waals surface area (Å²) in [6, 6.07) is 16.5. The quantitative estimate of drug-likeness (QED) is 0.540. The number of carbonyl (C=O) groups excluding carboxylic acids is 1. The van der Waals surface area contributed by atoms with E-state index in [1.54, 1.807) is 11.8 Å². The molecule has 0 N–H and O–H groups in total. The Hall–Kier alpha value is -2.53. The molecule has 5 heteroatoms. The largest absolute Gasteiger partial charge is 0.490 e. The summed E-state index contributed by atoms with van der Waals surface area (Å²) in [5.74, 6) is 2.71. The Labute approximate surface area is 182 Å². The van der Waals surface area contributed by atoms with Crippen molar-refractivity contribution >= 4 is 28.6 Å². The van der Waals surface area contributed by atoms with Crippen LogP contribution < -0.4 is 4.74 Å². The first-order valence-corrected chi connectivity index (χ1v) is 11.8. The lowest BCUT2D eigenvalue weighted by Gasteiger charge is -2.32. The van der Waals surface area contributed by atoms with Gasteiger partial charge in [0.1, 0.15) is 11.9 Å². The summed E-state index contributed by atoms with van der Waals surface area (Å²) in [5, 5.41) is 1.19. The van der Waals surface area contributed by atoms with E-state index in [0.717, 1.165) is 54.1 Å². The van der Waals surface area contributed by atoms with Crippen molar-refractivity contribution in [3.63, 3.8) is 0 Å². The number of thioether (sulfide) groups is 1. The lowest BCUT2D eigenvalue weighted by Crippen LogP contribution is -2.42. The number of hydrogen-bond acceptors (Lipinski definition) is 4. The number of aryl methyl sites for hydroxylation is 1. The highest BCUT2D eigenvalue weighted by Gasteiger charge is 2.23. The molecule has 1 fully saturated rings. The van der Waals surface area contributed by atoms with Crippen LogP contribution in [0, 0.1) is 6.92 Å². The summed E-state index contributed by atoms with van der Waals surface area (Å²) in [7, 11) is 0. The Morgan fingerprint density at radius 3 is 2.60 bits per heavy atom. The molecule has 1 saturated heterocycles. The van der Waals surface area contributed by atoms with Crippen molar-refractivity contribution in [1.29, 1.82) is 0 Å². The Kier molecular flexibility index (Phi) is 6.58. The average Bonchev–Trinajstić information content (AvgIpc) is 2.79. The van der Waals surface area contributed by atoms with E-state index >= 15 is 0 Å². The van der Waals surface area contributed by atoms with Gasteiger partial charge >= 0.3 is 0 Å². The number of aromatic nitrogens is 1. The summed E-state index contributed by atoms with van der Waals surface area (Å²) in [6.07, 6.45) is 3.90. The maximum absolute atomic E-state index is 12.2. The molecule has 1 aliphatic heterocycles. The van der Waals surface area contributed by atoms with Crippen molar-refractivity contribution in [3.8, 4) is 16.9 Å². The molecule has 0 spiro atoms. The molecular weight excluding hydrogens is 392 g/mol. The maximum Gasteiger partial charge on any atom is 0.232 e. The zero-order valence-electron chi connectivity index (χ0n) is 17.6. The smallest absolute Gasteiger partial charge is 0.232 e. The highest BCUT2D eigenvalue weighted by Crippen LogP contribution is 2.30. The van der Waals surface area contributed by atoms with Gasteiger partial charge in [-0.3, -0.25) is 9.78 Å². The number of hydrogen-bond donors (Lipinski definition) is 0.